The Hall–Kier alpha value is -2.90. The summed E-state index contributed by atoms with van der Waals surface area (Å²) in [5.74, 6) is 0.285. The van der Waals surface area contributed by atoms with Crippen LogP contribution in [0.1, 0.15) is 54.4 Å². The fraction of sp³-hybridized carbons (Fsp3) is 0.360. The summed E-state index contributed by atoms with van der Waals surface area (Å²) < 4.78 is 23.0. The molecule has 33 heavy (non-hydrogen) atoms. The third-order valence-electron chi connectivity index (χ3n) is 6.31. The molecule has 0 amide bonds. The van der Waals surface area contributed by atoms with Crippen molar-refractivity contribution in [3.05, 3.63) is 70.1 Å². The maximum absolute atomic E-state index is 15.0. The van der Waals surface area contributed by atoms with Gasteiger partial charge < -0.3 is 4.74 Å². The summed E-state index contributed by atoms with van der Waals surface area (Å²) in [7, 11) is 1.89. The number of aryl methyl sites for hydroxylation is 3. The molecule has 1 saturated heterocycles. The summed E-state index contributed by atoms with van der Waals surface area (Å²) in [6.07, 6.45) is 5.23. The van der Waals surface area contributed by atoms with Crippen LogP contribution >= 0.6 is 11.6 Å². The van der Waals surface area contributed by atoms with Gasteiger partial charge in [-0.15, -0.1) is 0 Å². The minimum atomic E-state index is -0.416. The number of rotatable bonds is 3. The first-order chi connectivity index (χ1) is 15.8. The van der Waals surface area contributed by atoms with Gasteiger partial charge >= 0.3 is 0 Å². The van der Waals surface area contributed by atoms with E-state index in [-0.39, 0.29) is 18.1 Å². The number of hydrogen-bond donors (Lipinski definition) is 0. The van der Waals surface area contributed by atoms with E-state index < -0.39 is 5.82 Å². The van der Waals surface area contributed by atoms with E-state index in [0.29, 0.717) is 27.8 Å². The molecular weight excluding hydrogens is 441 g/mol. The SMILES string of the molecule is Cc1cc2c(-c3ccc(Cl)cc3F)nc([C@@H]3CC(c4cnn(C)c4)O[C@H](C)C3)nc2nc1C. The number of pyridine rings is 1. The number of fused-ring (bicyclic) bond motifs is 1. The van der Waals surface area contributed by atoms with Gasteiger partial charge in [0, 0.05) is 46.4 Å². The monoisotopic (exact) mass is 465 g/mol. The lowest BCUT2D eigenvalue weighted by Gasteiger charge is -2.33. The predicted octanol–water partition coefficient (Wildman–Crippen LogP) is 5.86. The maximum atomic E-state index is 15.0. The Morgan fingerprint density at radius 3 is 2.67 bits per heavy atom. The topological polar surface area (TPSA) is 65.7 Å². The molecular formula is C25H25ClFN5O. The molecule has 0 aliphatic carbocycles. The first-order valence-corrected chi connectivity index (χ1v) is 11.4. The van der Waals surface area contributed by atoms with Gasteiger partial charge in [-0.3, -0.25) is 4.68 Å². The minimum absolute atomic E-state index is 0.0247. The molecule has 170 valence electrons. The molecule has 1 unspecified atom stereocenters. The molecule has 3 atom stereocenters. The first-order valence-electron chi connectivity index (χ1n) is 11.0. The van der Waals surface area contributed by atoms with E-state index in [4.69, 9.17) is 31.3 Å². The van der Waals surface area contributed by atoms with Crippen molar-refractivity contribution in [2.24, 2.45) is 7.05 Å². The average Bonchev–Trinajstić information content (AvgIpc) is 3.20. The van der Waals surface area contributed by atoms with Crippen molar-refractivity contribution in [3.63, 3.8) is 0 Å². The largest absolute Gasteiger partial charge is 0.370 e. The molecule has 4 aromatic rings. The standard InChI is InChI=1S/C25H25ClFN5O/c1-13-7-20-23(19-6-5-18(26)10-21(19)27)30-24(31-25(20)29-15(13)3)16-8-14(2)33-22(9-16)17-11-28-32(4)12-17/h5-7,10-12,14,16,22H,8-9H2,1-4H3/t14-,16+,22?/m1/s1. The molecule has 0 spiro atoms. The van der Waals surface area contributed by atoms with Crippen molar-refractivity contribution in [2.45, 2.75) is 51.7 Å². The van der Waals surface area contributed by atoms with Crippen molar-refractivity contribution in [1.29, 1.82) is 0 Å². The molecule has 8 heteroatoms. The fourth-order valence-electron chi connectivity index (χ4n) is 4.51. The summed E-state index contributed by atoms with van der Waals surface area (Å²) in [5, 5.41) is 5.36. The number of benzene rings is 1. The van der Waals surface area contributed by atoms with Crippen LogP contribution in [0.25, 0.3) is 22.3 Å². The zero-order valence-corrected chi connectivity index (χ0v) is 19.8. The Balaban J connectivity index is 1.64. The van der Waals surface area contributed by atoms with Gasteiger partial charge in [0.25, 0.3) is 0 Å². The summed E-state index contributed by atoms with van der Waals surface area (Å²) in [5.41, 5.74) is 4.43. The Kier molecular flexibility index (Phi) is 5.62. The number of aromatic nitrogens is 5. The Morgan fingerprint density at radius 2 is 1.94 bits per heavy atom. The van der Waals surface area contributed by atoms with Crippen LogP contribution in [-0.2, 0) is 11.8 Å². The third-order valence-corrected chi connectivity index (χ3v) is 6.54. The van der Waals surface area contributed by atoms with E-state index in [2.05, 4.69) is 12.0 Å². The van der Waals surface area contributed by atoms with Crippen molar-refractivity contribution in [2.75, 3.05) is 0 Å². The van der Waals surface area contributed by atoms with E-state index in [1.165, 1.54) is 6.07 Å². The highest BCUT2D eigenvalue weighted by Gasteiger charge is 2.32. The van der Waals surface area contributed by atoms with Crippen LogP contribution in [0.2, 0.25) is 5.02 Å². The fourth-order valence-corrected chi connectivity index (χ4v) is 4.67. The highest BCUT2D eigenvalue weighted by Crippen LogP contribution is 2.40. The van der Waals surface area contributed by atoms with E-state index in [9.17, 15) is 4.39 Å². The quantitative estimate of drug-likeness (QED) is 0.379. The molecule has 1 aliphatic rings. The zero-order chi connectivity index (χ0) is 23.3. The summed E-state index contributed by atoms with van der Waals surface area (Å²) in [6.45, 7) is 5.99. The van der Waals surface area contributed by atoms with Crippen molar-refractivity contribution < 1.29 is 9.13 Å². The molecule has 1 fully saturated rings. The number of nitrogens with zero attached hydrogens (tertiary/aromatic N) is 5. The van der Waals surface area contributed by atoms with E-state index in [0.717, 1.165) is 35.0 Å². The molecule has 1 aromatic carbocycles. The van der Waals surface area contributed by atoms with Crippen LogP contribution in [0.3, 0.4) is 0 Å². The van der Waals surface area contributed by atoms with Gasteiger partial charge in [0.05, 0.1) is 24.1 Å². The van der Waals surface area contributed by atoms with E-state index >= 15 is 0 Å². The Bertz CT molecular complexity index is 1350. The number of hydrogen-bond acceptors (Lipinski definition) is 5. The summed E-state index contributed by atoms with van der Waals surface area (Å²) >= 11 is 6.01. The molecule has 6 nitrogen and oxygen atoms in total. The molecule has 4 heterocycles. The van der Waals surface area contributed by atoms with Crippen LogP contribution in [0.4, 0.5) is 4.39 Å². The molecule has 0 radical (unpaired) electrons. The van der Waals surface area contributed by atoms with Gasteiger partial charge in [-0.2, -0.15) is 5.10 Å². The molecule has 0 N–H and O–H groups in total. The van der Waals surface area contributed by atoms with Gasteiger partial charge in [-0.25, -0.2) is 19.3 Å². The maximum Gasteiger partial charge on any atom is 0.163 e. The van der Waals surface area contributed by atoms with Gasteiger partial charge in [0.2, 0.25) is 0 Å². The first kappa shape index (κ1) is 21.9. The molecule has 5 rings (SSSR count). The minimum Gasteiger partial charge on any atom is -0.370 e. The zero-order valence-electron chi connectivity index (χ0n) is 19.0. The lowest BCUT2D eigenvalue weighted by atomic mass is 9.89. The molecule has 3 aromatic heterocycles. The second-order valence-electron chi connectivity index (χ2n) is 8.87. The highest BCUT2D eigenvalue weighted by atomic mass is 35.5. The van der Waals surface area contributed by atoms with Crippen molar-refractivity contribution in [3.8, 4) is 11.3 Å². The summed E-state index contributed by atoms with van der Waals surface area (Å²) in [6, 6.07) is 6.64. The van der Waals surface area contributed by atoms with Crippen molar-refractivity contribution in [1.82, 2.24) is 24.7 Å². The van der Waals surface area contributed by atoms with Crippen molar-refractivity contribution >= 4 is 22.6 Å². The average molecular weight is 466 g/mol. The number of halogens is 2. The molecule has 1 aliphatic heterocycles. The van der Waals surface area contributed by atoms with Gasteiger partial charge in [0.1, 0.15) is 11.6 Å². The van der Waals surface area contributed by atoms with Crippen LogP contribution in [0.15, 0.2) is 36.7 Å². The van der Waals surface area contributed by atoms with Gasteiger partial charge in [-0.1, -0.05) is 11.6 Å². The summed E-state index contributed by atoms with van der Waals surface area (Å²) in [4.78, 5) is 14.5. The van der Waals surface area contributed by atoms with Crippen LogP contribution < -0.4 is 0 Å². The lowest BCUT2D eigenvalue weighted by molar-refractivity contribution is -0.0511. The molecule has 0 bridgehead atoms. The normalized spacial score (nSPS) is 21.0. The molecule has 0 saturated carbocycles. The second kappa shape index (κ2) is 8.47. The predicted molar refractivity (Wildman–Crippen MR) is 126 cm³/mol. The second-order valence-corrected chi connectivity index (χ2v) is 9.30. The van der Waals surface area contributed by atoms with E-state index in [1.54, 1.807) is 16.8 Å². The highest BCUT2D eigenvalue weighted by molar-refractivity contribution is 6.30. The Morgan fingerprint density at radius 1 is 1.12 bits per heavy atom. The Labute approximate surface area is 196 Å². The smallest absolute Gasteiger partial charge is 0.163 e. The van der Waals surface area contributed by atoms with Gasteiger partial charge in [-0.05, 0) is 63.4 Å². The van der Waals surface area contributed by atoms with Gasteiger partial charge in [0.15, 0.2) is 5.65 Å². The lowest BCUT2D eigenvalue weighted by Crippen LogP contribution is -2.26. The van der Waals surface area contributed by atoms with E-state index in [1.807, 2.05) is 39.4 Å². The van der Waals surface area contributed by atoms with Crippen LogP contribution in [0.5, 0.6) is 0 Å². The number of ether oxygens (including phenoxy) is 1. The van der Waals surface area contributed by atoms with Crippen LogP contribution in [0, 0.1) is 19.7 Å². The van der Waals surface area contributed by atoms with Crippen LogP contribution in [-0.4, -0.2) is 30.8 Å². The third kappa shape index (κ3) is 4.23.